The van der Waals surface area contributed by atoms with Crippen LogP contribution in [-0.4, -0.2) is 32.8 Å². The van der Waals surface area contributed by atoms with Crippen LogP contribution in [0.4, 0.5) is 0 Å². The van der Waals surface area contributed by atoms with Gasteiger partial charge in [-0.15, -0.1) is 0 Å². The molecule has 15 heavy (non-hydrogen) atoms. The van der Waals surface area contributed by atoms with Gasteiger partial charge in [-0.2, -0.15) is 16.9 Å². The van der Waals surface area contributed by atoms with Crippen LogP contribution in [0.1, 0.15) is 25.6 Å². The Morgan fingerprint density at radius 3 is 3.07 bits per heavy atom. The number of nitrogens with two attached hydrogens (primary N) is 1. The summed E-state index contributed by atoms with van der Waals surface area (Å²) >= 11 is 1.83. The fourth-order valence-electron chi connectivity index (χ4n) is 1.45. The minimum atomic E-state index is 0.206. The van der Waals surface area contributed by atoms with Crippen LogP contribution in [0, 0.1) is 0 Å². The van der Waals surface area contributed by atoms with Gasteiger partial charge in [-0.3, -0.25) is 4.68 Å². The van der Waals surface area contributed by atoms with E-state index in [1.165, 1.54) is 0 Å². The maximum Gasteiger partial charge on any atom is 0.138 e. The monoisotopic (exact) mass is 228 g/mol. The van der Waals surface area contributed by atoms with Gasteiger partial charge in [0.2, 0.25) is 0 Å². The first-order valence-corrected chi connectivity index (χ1v) is 6.78. The van der Waals surface area contributed by atoms with Crippen molar-refractivity contribution in [1.29, 1.82) is 0 Å². The topological polar surface area (TPSA) is 56.7 Å². The second-order valence-electron chi connectivity index (χ2n) is 3.65. The summed E-state index contributed by atoms with van der Waals surface area (Å²) in [6, 6.07) is 0.206. The second kappa shape index (κ2) is 6.85. The molecule has 1 unspecified atom stereocenters. The molecule has 0 spiro atoms. The lowest BCUT2D eigenvalue weighted by molar-refractivity contribution is 0.537. The van der Waals surface area contributed by atoms with Crippen LogP contribution in [0.5, 0.6) is 0 Å². The Labute approximate surface area is 95.6 Å². The lowest BCUT2D eigenvalue weighted by Gasteiger charge is -2.10. The molecule has 4 nitrogen and oxygen atoms in total. The zero-order chi connectivity index (χ0) is 11.1. The molecule has 0 aromatic carbocycles. The van der Waals surface area contributed by atoms with Crippen LogP contribution in [0.2, 0.25) is 0 Å². The third-order valence-corrected chi connectivity index (χ3v) is 2.91. The number of hydrogen-bond donors (Lipinski definition) is 1. The van der Waals surface area contributed by atoms with Crippen LogP contribution < -0.4 is 5.73 Å². The molecule has 0 bridgehead atoms. The van der Waals surface area contributed by atoms with E-state index in [1.54, 1.807) is 6.33 Å². The van der Waals surface area contributed by atoms with Gasteiger partial charge in [0, 0.05) is 19.0 Å². The number of nitrogens with zero attached hydrogens (tertiary/aromatic N) is 3. The fraction of sp³-hybridized carbons (Fsp3) is 0.800. The fourth-order valence-corrected chi connectivity index (χ4v) is 1.99. The summed E-state index contributed by atoms with van der Waals surface area (Å²) in [7, 11) is 0. The molecule has 0 fully saturated rings. The first kappa shape index (κ1) is 12.5. The van der Waals surface area contributed by atoms with Crippen molar-refractivity contribution in [2.24, 2.45) is 5.73 Å². The largest absolute Gasteiger partial charge is 0.327 e. The van der Waals surface area contributed by atoms with E-state index in [0.717, 1.165) is 37.4 Å². The van der Waals surface area contributed by atoms with Crippen LogP contribution in [0.15, 0.2) is 6.33 Å². The van der Waals surface area contributed by atoms with Crippen molar-refractivity contribution in [3.8, 4) is 0 Å². The molecule has 1 aromatic heterocycles. The van der Waals surface area contributed by atoms with Crippen molar-refractivity contribution < 1.29 is 0 Å². The van der Waals surface area contributed by atoms with E-state index in [4.69, 9.17) is 5.73 Å². The van der Waals surface area contributed by atoms with E-state index in [0.29, 0.717) is 0 Å². The normalized spacial score (nSPS) is 13.0. The van der Waals surface area contributed by atoms with Crippen LogP contribution in [0.25, 0.3) is 0 Å². The van der Waals surface area contributed by atoms with Gasteiger partial charge in [-0.25, -0.2) is 4.98 Å². The molecule has 2 N–H and O–H groups in total. The Morgan fingerprint density at radius 1 is 1.60 bits per heavy atom. The molecule has 0 radical (unpaired) electrons. The molecule has 1 rings (SSSR count). The van der Waals surface area contributed by atoms with E-state index >= 15 is 0 Å². The van der Waals surface area contributed by atoms with Crippen molar-refractivity contribution in [2.45, 2.75) is 38.8 Å². The van der Waals surface area contributed by atoms with Gasteiger partial charge in [0.05, 0.1) is 0 Å². The molecule has 1 aromatic rings. The van der Waals surface area contributed by atoms with Gasteiger partial charge in [-0.05, 0) is 24.9 Å². The molecule has 0 aliphatic carbocycles. The Balaban J connectivity index is 2.44. The van der Waals surface area contributed by atoms with E-state index < -0.39 is 0 Å². The van der Waals surface area contributed by atoms with Crippen LogP contribution >= 0.6 is 11.8 Å². The van der Waals surface area contributed by atoms with Crippen molar-refractivity contribution in [3.63, 3.8) is 0 Å². The van der Waals surface area contributed by atoms with Crippen LogP contribution in [0.3, 0.4) is 0 Å². The summed E-state index contributed by atoms with van der Waals surface area (Å²) in [4.78, 5) is 4.25. The first-order valence-electron chi connectivity index (χ1n) is 5.39. The highest BCUT2D eigenvalue weighted by molar-refractivity contribution is 7.98. The summed E-state index contributed by atoms with van der Waals surface area (Å²) in [5, 5.41) is 4.18. The Morgan fingerprint density at radius 2 is 2.40 bits per heavy atom. The number of aryl methyl sites for hydroxylation is 1. The Kier molecular flexibility index (Phi) is 5.71. The van der Waals surface area contributed by atoms with Gasteiger partial charge in [-0.1, -0.05) is 6.92 Å². The van der Waals surface area contributed by atoms with E-state index in [-0.39, 0.29) is 6.04 Å². The van der Waals surface area contributed by atoms with Gasteiger partial charge in [0.1, 0.15) is 12.2 Å². The summed E-state index contributed by atoms with van der Waals surface area (Å²) in [5.41, 5.74) is 6.02. The highest BCUT2D eigenvalue weighted by Gasteiger charge is 2.09. The molecule has 0 aliphatic rings. The number of thioether (sulfide) groups is 1. The predicted octanol–water partition coefficient (Wildman–Crippen LogP) is 1.31. The van der Waals surface area contributed by atoms with Gasteiger partial charge < -0.3 is 5.73 Å². The van der Waals surface area contributed by atoms with Gasteiger partial charge in [0.15, 0.2) is 0 Å². The molecular formula is C10H20N4S. The van der Waals surface area contributed by atoms with Crippen molar-refractivity contribution in [3.05, 3.63) is 12.2 Å². The molecule has 5 heteroatoms. The zero-order valence-electron chi connectivity index (χ0n) is 9.52. The molecule has 0 aliphatic heterocycles. The predicted molar refractivity (Wildman–Crippen MR) is 65.0 cm³/mol. The lowest BCUT2D eigenvalue weighted by Crippen LogP contribution is -2.25. The molecule has 0 saturated carbocycles. The molecule has 1 heterocycles. The van der Waals surface area contributed by atoms with Crippen molar-refractivity contribution in [2.75, 3.05) is 12.0 Å². The van der Waals surface area contributed by atoms with Gasteiger partial charge >= 0.3 is 0 Å². The summed E-state index contributed by atoms with van der Waals surface area (Å²) in [6.07, 6.45) is 6.68. The SMILES string of the molecule is CCCn1ncnc1CC(N)CCSC. The van der Waals surface area contributed by atoms with Crippen molar-refractivity contribution >= 4 is 11.8 Å². The number of aromatic nitrogens is 3. The number of rotatable bonds is 7. The van der Waals surface area contributed by atoms with Crippen molar-refractivity contribution in [1.82, 2.24) is 14.8 Å². The maximum absolute atomic E-state index is 6.02. The highest BCUT2D eigenvalue weighted by atomic mass is 32.2. The third kappa shape index (κ3) is 4.22. The summed E-state index contributed by atoms with van der Waals surface area (Å²) in [5.74, 6) is 2.13. The Bertz CT molecular complexity index is 274. The standard InChI is InChI=1S/C10H20N4S/c1-3-5-14-10(12-8-13-14)7-9(11)4-6-15-2/h8-9H,3-7,11H2,1-2H3. The Hall–Kier alpha value is -0.550. The zero-order valence-corrected chi connectivity index (χ0v) is 10.3. The first-order chi connectivity index (χ1) is 7.27. The smallest absolute Gasteiger partial charge is 0.138 e. The van der Waals surface area contributed by atoms with Gasteiger partial charge in [0.25, 0.3) is 0 Å². The molecule has 86 valence electrons. The van der Waals surface area contributed by atoms with E-state index in [9.17, 15) is 0 Å². The second-order valence-corrected chi connectivity index (χ2v) is 4.63. The molecule has 0 saturated heterocycles. The highest BCUT2D eigenvalue weighted by Crippen LogP contribution is 2.05. The third-order valence-electron chi connectivity index (χ3n) is 2.27. The minimum Gasteiger partial charge on any atom is -0.327 e. The lowest BCUT2D eigenvalue weighted by atomic mass is 10.1. The van der Waals surface area contributed by atoms with E-state index in [2.05, 4.69) is 23.3 Å². The quantitative estimate of drug-likeness (QED) is 0.764. The molecule has 0 amide bonds. The van der Waals surface area contributed by atoms with Crippen LogP contribution in [-0.2, 0) is 13.0 Å². The average molecular weight is 228 g/mol. The molecular weight excluding hydrogens is 208 g/mol. The summed E-state index contributed by atoms with van der Waals surface area (Å²) in [6.45, 7) is 3.07. The summed E-state index contributed by atoms with van der Waals surface area (Å²) < 4.78 is 1.96. The number of hydrogen-bond acceptors (Lipinski definition) is 4. The molecule has 1 atom stereocenters. The average Bonchev–Trinajstić information content (AvgIpc) is 2.63. The minimum absolute atomic E-state index is 0.206. The maximum atomic E-state index is 6.02. The van der Waals surface area contributed by atoms with E-state index in [1.807, 2.05) is 16.4 Å².